The standard InChI is InChI=1S/C85H44N4/c1-5-21-49(22-6-1)65-77-69-53-37-13-29-45-31-15-39-55(61(45)53)71(69)79-66(50-23-7-2-8-24-50)81-73-57-41-17-33-47-35-19-43-59(63(47)57)75(73)83-68(52-27-11-4-12-28-52)84-76-60-44-20-36-48-34-18-42-58(64(48)60)74(76)82-67(51-25-9-3-10-26-51)80-72-56-40-16-32-46-30-14-38-54(62(46)56)70(72)78(65)87(80)85(86(77)79,88(81)83)89(82)84/h1-44H/q+2. The van der Waals surface area contributed by atoms with E-state index < -0.39 is 5.91 Å². The lowest BCUT2D eigenvalue weighted by molar-refractivity contribution is -1.02. The minimum absolute atomic E-state index is 1.18. The highest BCUT2D eigenvalue weighted by Crippen LogP contribution is 2.59. The summed E-state index contributed by atoms with van der Waals surface area (Å²) in [6.45, 7) is 0. The van der Waals surface area contributed by atoms with Crippen molar-refractivity contribution in [3.63, 3.8) is 0 Å². The summed E-state index contributed by atoms with van der Waals surface area (Å²) in [6, 6.07) is 103. The Morgan fingerprint density at radius 3 is 0.910 bits per heavy atom. The monoisotopic (exact) mass is 1120 g/mol. The Morgan fingerprint density at radius 2 is 0.551 bits per heavy atom. The summed E-state index contributed by atoms with van der Waals surface area (Å²) in [4.78, 5) is 0. The topological polar surface area (TPSA) is 17.6 Å². The van der Waals surface area contributed by atoms with Gasteiger partial charge in [0, 0.05) is 22.3 Å². The van der Waals surface area contributed by atoms with Crippen LogP contribution in [0.4, 0.5) is 0 Å². The van der Waals surface area contributed by atoms with Gasteiger partial charge in [0.25, 0.3) is 0 Å². The van der Waals surface area contributed by atoms with Crippen LogP contribution in [0.2, 0.25) is 0 Å². The Hall–Kier alpha value is -11.7. The van der Waals surface area contributed by atoms with Gasteiger partial charge in [-0.1, -0.05) is 276 Å². The average Bonchev–Trinajstić information content (AvgIpc) is 1.46. The summed E-state index contributed by atoms with van der Waals surface area (Å²) < 4.78 is 11.8. The fraction of sp³-hybridized carbons (Fsp3) is 0.0118. The molecule has 0 fully saturated rings. The lowest BCUT2D eigenvalue weighted by atomic mass is 9.91. The van der Waals surface area contributed by atoms with Gasteiger partial charge in [-0.3, -0.25) is 0 Å². The zero-order valence-corrected chi connectivity index (χ0v) is 47.7. The van der Waals surface area contributed by atoms with E-state index in [1.54, 1.807) is 0 Å². The van der Waals surface area contributed by atoms with Crippen LogP contribution in [-0.4, -0.2) is 9.13 Å². The first-order chi connectivity index (χ1) is 44.3. The Labute approximate surface area is 506 Å². The normalized spacial score (nSPS) is 14.7. The van der Waals surface area contributed by atoms with Crippen LogP contribution in [0.15, 0.2) is 267 Å². The second-order valence-corrected chi connectivity index (χ2v) is 25.5. The van der Waals surface area contributed by atoms with Crippen LogP contribution < -0.4 is 30.5 Å². The molecular weight excluding hydrogens is 1080 g/mol. The van der Waals surface area contributed by atoms with Crippen LogP contribution in [0.1, 0.15) is 45.0 Å². The number of aromatic nitrogens is 4. The number of nitrogens with zero attached hydrogens (tertiary/aromatic N) is 4. The molecule has 12 aromatic carbocycles. The van der Waals surface area contributed by atoms with E-state index in [2.05, 4.69) is 285 Å². The third-order valence-corrected chi connectivity index (χ3v) is 21.8. The molecule has 10 aliphatic rings. The van der Waals surface area contributed by atoms with Gasteiger partial charge in [0.2, 0.25) is 22.1 Å². The van der Waals surface area contributed by atoms with Gasteiger partial charge >= 0.3 is 5.91 Å². The third-order valence-electron chi connectivity index (χ3n) is 21.8. The predicted octanol–water partition coefficient (Wildman–Crippen LogP) is 14.3. The molecule has 14 aromatic rings. The number of rotatable bonds is 4. The van der Waals surface area contributed by atoms with Crippen molar-refractivity contribution in [2.24, 2.45) is 0 Å². The molecule has 4 nitrogen and oxygen atoms in total. The molecule has 402 valence electrons. The zero-order valence-electron chi connectivity index (χ0n) is 47.7. The van der Waals surface area contributed by atoms with Gasteiger partial charge in [-0.15, -0.1) is 0 Å². The average molecular weight is 1120 g/mol. The summed E-state index contributed by atoms with van der Waals surface area (Å²) in [6.07, 6.45) is 0. The van der Waals surface area contributed by atoms with Crippen LogP contribution >= 0.6 is 0 Å². The van der Waals surface area contributed by atoms with Gasteiger partial charge in [-0.25, -0.2) is 0 Å². The minimum atomic E-state index is -1.18. The van der Waals surface area contributed by atoms with Gasteiger partial charge in [0.05, 0.1) is 65.3 Å². The molecule has 0 radical (unpaired) electrons. The van der Waals surface area contributed by atoms with Crippen molar-refractivity contribution in [2.75, 3.05) is 0 Å². The maximum Gasteiger partial charge on any atom is 0.554 e. The number of hydrogen-bond acceptors (Lipinski definition) is 0. The molecule has 8 heterocycles. The molecular formula is C85H44N4+2. The Balaban J connectivity index is 1.13. The van der Waals surface area contributed by atoms with Crippen molar-refractivity contribution >= 4 is 86.9 Å². The second-order valence-electron chi connectivity index (χ2n) is 25.5. The molecule has 0 atom stereocenters. The van der Waals surface area contributed by atoms with Gasteiger partial charge in [-0.05, 0) is 109 Å². The summed E-state index contributed by atoms with van der Waals surface area (Å²) >= 11 is 0. The van der Waals surface area contributed by atoms with Crippen molar-refractivity contribution in [3.05, 3.63) is 354 Å². The largest absolute Gasteiger partial charge is 0.554 e. The van der Waals surface area contributed by atoms with Gasteiger partial charge in [-0.2, -0.15) is 9.13 Å². The molecule has 0 amide bonds. The molecule has 2 aromatic heterocycles. The van der Waals surface area contributed by atoms with E-state index in [9.17, 15) is 0 Å². The second kappa shape index (κ2) is 14.9. The SMILES string of the molecule is c1ccc(C2=c3c4c(c5n3C36n7c(c8c(c7C(c7ccccc7)=c7c9c%10cccc%11cccc(c=9c([n+]73)C=5c3ccccc3)c%11%10)-c3cccc5cccc-8c35)C(c3ccccc3)=c3c5c7cccc8cccc(c=5c2[n+]36)c87)-c2cccc3cccc-4c23)cc1. The maximum atomic E-state index is 2.95. The van der Waals surface area contributed by atoms with Crippen molar-refractivity contribution in [1.29, 1.82) is 0 Å². The summed E-state index contributed by atoms with van der Waals surface area (Å²) in [7, 11) is 0. The summed E-state index contributed by atoms with van der Waals surface area (Å²) in [5.74, 6) is -1.18. The van der Waals surface area contributed by atoms with Gasteiger partial charge in [0.1, 0.15) is 0 Å². The molecule has 0 unspecified atom stereocenters. The van der Waals surface area contributed by atoms with Crippen LogP contribution in [0, 0.1) is 20.9 Å². The summed E-state index contributed by atoms with van der Waals surface area (Å²) in [5, 5.41) is 25.6. The fourth-order valence-corrected chi connectivity index (χ4v) is 19.1. The highest BCUT2D eigenvalue weighted by atomic mass is 15.6. The molecule has 4 heteroatoms. The molecule has 24 rings (SSSR count). The van der Waals surface area contributed by atoms with E-state index in [-0.39, 0.29) is 0 Å². The van der Waals surface area contributed by atoms with Gasteiger partial charge < -0.3 is 0 Å². The molecule has 4 aliphatic carbocycles. The molecule has 89 heavy (non-hydrogen) atoms. The van der Waals surface area contributed by atoms with Crippen LogP contribution in [-0.2, 0) is 5.91 Å². The number of fused-ring (bicyclic) bond motifs is 18. The Bertz CT molecular complexity index is 6450. The lowest BCUT2D eigenvalue weighted by Gasteiger charge is -2.39. The highest BCUT2D eigenvalue weighted by molar-refractivity contribution is 6.22. The van der Waals surface area contributed by atoms with E-state index in [1.165, 1.54) is 219 Å². The maximum absolute atomic E-state index is 2.95. The quantitative estimate of drug-likeness (QED) is 0.156. The van der Waals surface area contributed by atoms with E-state index in [1.807, 2.05) is 0 Å². The first-order valence-electron chi connectivity index (χ1n) is 31.3. The molecule has 6 aliphatic heterocycles. The molecule has 0 saturated heterocycles. The van der Waals surface area contributed by atoms with Crippen molar-refractivity contribution in [2.45, 2.75) is 5.91 Å². The lowest BCUT2D eigenvalue weighted by Crippen LogP contribution is -2.95. The number of hydrogen-bond donors (Lipinski definition) is 0. The van der Waals surface area contributed by atoms with Crippen LogP contribution in [0.3, 0.4) is 0 Å². The number of benzene rings is 12. The minimum Gasteiger partial charge on any atom is -0.197 e. The third kappa shape index (κ3) is 4.67. The van der Waals surface area contributed by atoms with E-state index in [4.69, 9.17) is 0 Å². The summed E-state index contributed by atoms with van der Waals surface area (Å²) in [5.41, 5.74) is 25.1. The van der Waals surface area contributed by atoms with Crippen LogP contribution in [0.25, 0.3) is 131 Å². The Kier molecular flexibility index (Phi) is 7.49. The van der Waals surface area contributed by atoms with E-state index in [0.717, 1.165) is 0 Å². The predicted molar refractivity (Wildman–Crippen MR) is 355 cm³/mol. The first-order valence-corrected chi connectivity index (χ1v) is 31.3. The van der Waals surface area contributed by atoms with Crippen LogP contribution in [0.5, 0.6) is 0 Å². The molecule has 0 bridgehead atoms. The highest BCUT2D eigenvalue weighted by Gasteiger charge is 2.72. The zero-order chi connectivity index (χ0) is 57.0. The Morgan fingerprint density at radius 1 is 0.247 bits per heavy atom. The fourth-order valence-electron chi connectivity index (χ4n) is 19.1. The smallest absolute Gasteiger partial charge is 0.197 e. The molecule has 0 saturated carbocycles. The molecule has 1 spiro atoms. The van der Waals surface area contributed by atoms with E-state index >= 15 is 0 Å². The van der Waals surface area contributed by atoms with Crippen molar-refractivity contribution < 1.29 is 9.13 Å². The van der Waals surface area contributed by atoms with E-state index in [0.29, 0.717) is 0 Å². The van der Waals surface area contributed by atoms with Crippen molar-refractivity contribution in [1.82, 2.24) is 9.13 Å². The first kappa shape index (κ1) is 44.7. The van der Waals surface area contributed by atoms with Gasteiger partial charge in [0.15, 0.2) is 0 Å². The van der Waals surface area contributed by atoms with Crippen molar-refractivity contribution in [3.8, 4) is 44.5 Å². The molecule has 0 N–H and O–H groups in total.